The maximum absolute atomic E-state index is 11.2. The van der Waals surface area contributed by atoms with Crippen LogP contribution in [0, 0.1) is 12.8 Å². The second-order valence-corrected chi connectivity index (χ2v) is 9.32. The maximum atomic E-state index is 11.2. The Bertz CT molecular complexity index is 841. The molecule has 0 bridgehead atoms. The third kappa shape index (κ3) is 4.98. The Hall–Kier alpha value is -1.86. The molecule has 7 atom stereocenters. The molecule has 2 aliphatic rings. The Kier molecular flexibility index (Phi) is 7.47. The zero-order chi connectivity index (χ0) is 22.9. The molecule has 0 spiro atoms. The lowest BCUT2D eigenvalue weighted by Crippen LogP contribution is -2.54. The predicted octanol–water partition coefficient (Wildman–Crippen LogP) is 3.66. The van der Waals surface area contributed by atoms with Gasteiger partial charge in [-0.1, -0.05) is 43.7 Å². The van der Waals surface area contributed by atoms with Crippen molar-refractivity contribution in [3.8, 4) is 11.5 Å². The number of aryl methyl sites for hydroxylation is 1. The fourth-order valence-electron chi connectivity index (χ4n) is 4.63. The van der Waals surface area contributed by atoms with Gasteiger partial charge in [-0.3, -0.25) is 0 Å². The largest absolute Gasteiger partial charge is 0.504 e. The predicted molar refractivity (Wildman–Crippen MR) is 119 cm³/mol. The Morgan fingerprint density at radius 2 is 1.90 bits per heavy atom. The summed E-state index contributed by atoms with van der Waals surface area (Å²) in [6.07, 6.45) is 3.31. The lowest BCUT2D eigenvalue weighted by Gasteiger charge is -2.37. The highest BCUT2D eigenvalue weighted by molar-refractivity contribution is 5.57. The number of rotatable bonds is 5. The van der Waals surface area contributed by atoms with Crippen molar-refractivity contribution in [1.82, 2.24) is 0 Å². The van der Waals surface area contributed by atoms with Crippen molar-refractivity contribution < 1.29 is 29.9 Å². The summed E-state index contributed by atoms with van der Waals surface area (Å²) in [7, 11) is 0. The molecule has 31 heavy (non-hydrogen) atoms. The first-order valence-electron chi connectivity index (χ1n) is 11.1. The molecule has 1 aromatic carbocycles. The lowest BCUT2D eigenvalue weighted by molar-refractivity contribution is -0.242. The summed E-state index contributed by atoms with van der Waals surface area (Å²) in [5, 5.41) is 41.0. The summed E-state index contributed by atoms with van der Waals surface area (Å²) in [6, 6.07) is 2.07. The summed E-state index contributed by atoms with van der Waals surface area (Å²) in [5.41, 5.74) is 4.01. The van der Waals surface area contributed by atoms with Crippen molar-refractivity contribution in [3.63, 3.8) is 0 Å². The molecule has 1 saturated heterocycles. The highest BCUT2D eigenvalue weighted by atomic mass is 16.7. The number of ether oxygens (including phenoxy) is 2. The van der Waals surface area contributed by atoms with Crippen LogP contribution in [-0.2, 0) is 4.74 Å². The molecule has 3 rings (SSSR count). The van der Waals surface area contributed by atoms with Gasteiger partial charge in [-0.2, -0.15) is 0 Å². The van der Waals surface area contributed by atoms with Gasteiger partial charge in [0.05, 0.1) is 6.61 Å². The van der Waals surface area contributed by atoms with Gasteiger partial charge < -0.3 is 29.9 Å². The molecule has 0 unspecified atom stereocenters. The highest BCUT2D eigenvalue weighted by Gasteiger charge is 2.40. The Labute approximate surface area is 184 Å². The SMILES string of the molecule is CC(C)=C/C=C\[C@H](C)[C@H]1CC[C@H](C)c2c1cc(C)c(O[C@@H]1OC[C@@H](O)[C@@H](O)[C@@H]1O)c2O. The van der Waals surface area contributed by atoms with Gasteiger partial charge in [-0.05, 0) is 62.5 Å². The molecule has 1 aliphatic carbocycles. The van der Waals surface area contributed by atoms with E-state index < -0.39 is 24.6 Å². The molecule has 1 fully saturated rings. The molecule has 1 aliphatic heterocycles. The average molecular weight is 433 g/mol. The molecule has 6 heteroatoms. The van der Waals surface area contributed by atoms with E-state index in [1.165, 1.54) is 5.57 Å². The molecule has 1 heterocycles. The van der Waals surface area contributed by atoms with Gasteiger partial charge in [0.2, 0.25) is 6.29 Å². The lowest BCUT2D eigenvalue weighted by atomic mass is 9.71. The van der Waals surface area contributed by atoms with Crippen molar-refractivity contribution in [2.75, 3.05) is 6.61 Å². The summed E-state index contributed by atoms with van der Waals surface area (Å²) in [6.45, 7) is 10.2. The highest BCUT2D eigenvalue weighted by Crippen LogP contribution is 2.50. The molecule has 4 N–H and O–H groups in total. The number of fused-ring (bicyclic) bond motifs is 1. The molecule has 0 aromatic heterocycles. The van der Waals surface area contributed by atoms with E-state index in [1.807, 2.05) is 6.92 Å². The van der Waals surface area contributed by atoms with Crippen LogP contribution in [0.15, 0.2) is 29.9 Å². The van der Waals surface area contributed by atoms with Crippen LogP contribution in [0.4, 0.5) is 0 Å². The normalized spacial score (nSPS) is 31.9. The van der Waals surface area contributed by atoms with Crippen LogP contribution in [0.3, 0.4) is 0 Å². The summed E-state index contributed by atoms with van der Waals surface area (Å²) in [4.78, 5) is 0. The number of phenolic OH excluding ortho intramolecular Hbond substituents is 1. The fourth-order valence-corrected chi connectivity index (χ4v) is 4.63. The number of hydrogen-bond acceptors (Lipinski definition) is 6. The van der Waals surface area contributed by atoms with E-state index in [9.17, 15) is 20.4 Å². The van der Waals surface area contributed by atoms with Gasteiger partial charge in [0.25, 0.3) is 0 Å². The minimum atomic E-state index is -1.41. The molecule has 1 aromatic rings. The fraction of sp³-hybridized carbons (Fsp3) is 0.600. The topological polar surface area (TPSA) is 99.4 Å². The molecule has 0 radical (unpaired) electrons. The molecule has 6 nitrogen and oxygen atoms in total. The smallest absolute Gasteiger partial charge is 0.229 e. The van der Waals surface area contributed by atoms with E-state index in [0.29, 0.717) is 11.8 Å². The van der Waals surface area contributed by atoms with Gasteiger partial charge in [-0.25, -0.2) is 0 Å². The van der Waals surface area contributed by atoms with Crippen LogP contribution in [0.25, 0.3) is 0 Å². The van der Waals surface area contributed by atoms with Crippen LogP contribution in [0.2, 0.25) is 0 Å². The third-order valence-electron chi connectivity index (χ3n) is 6.48. The van der Waals surface area contributed by atoms with E-state index in [2.05, 4.69) is 52.0 Å². The zero-order valence-corrected chi connectivity index (χ0v) is 19.1. The first-order chi connectivity index (χ1) is 14.6. The summed E-state index contributed by atoms with van der Waals surface area (Å²) >= 11 is 0. The molecule has 172 valence electrons. The molecular formula is C25H36O6. The Morgan fingerprint density at radius 3 is 2.58 bits per heavy atom. The molecule has 0 amide bonds. The van der Waals surface area contributed by atoms with Crippen molar-refractivity contribution >= 4 is 0 Å². The number of allylic oxidation sites excluding steroid dienone is 4. The zero-order valence-electron chi connectivity index (χ0n) is 19.1. The van der Waals surface area contributed by atoms with E-state index >= 15 is 0 Å². The molecule has 0 saturated carbocycles. The van der Waals surface area contributed by atoms with Gasteiger partial charge in [0, 0.05) is 5.56 Å². The standard InChI is InChI=1S/C25H36O6/c1-13(2)7-6-8-14(3)17-10-9-15(4)20-18(17)11-16(5)24(22(20)28)31-25-23(29)21(27)19(26)12-30-25/h6-8,11,14-15,17,19,21,23,25-29H,9-10,12H2,1-5H3/b8-6-/t14-,15-,17+,19+,21+,23-,25-/m0/s1. The maximum Gasteiger partial charge on any atom is 0.229 e. The quantitative estimate of drug-likeness (QED) is 0.530. The number of benzene rings is 1. The minimum Gasteiger partial charge on any atom is -0.504 e. The van der Waals surface area contributed by atoms with Crippen LogP contribution in [0.5, 0.6) is 11.5 Å². The van der Waals surface area contributed by atoms with Crippen LogP contribution < -0.4 is 4.74 Å². The first kappa shape index (κ1) is 23.8. The second-order valence-electron chi connectivity index (χ2n) is 9.32. The third-order valence-corrected chi connectivity index (χ3v) is 6.48. The van der Waals surface area contributed by atoms with E-state index in [4.69, 9.17) is 9.47 Å². The van der Waals surface area contributed by atoms with Gasteiger partial charge in [-0.15, -0.1) is 0 Å². The van der Waals surface area contributed by atoms with Crippen molar-refractivity contribution in [3.05, 3.63) is 46.6 Å². The van der Waals surface area contributed by atoms with Gasteiger partial charge >= 0.3 is 0 Å². The average Bonchev–Trinajstić information content (AvgIpc) is 2.70. The number of phenols is 1. The summed E-state index contributed by atoms with van der Waals surface area (Å²) < 4.78 is 11.2. The van der Waals surface area contributed by atoms with Crippen LogP contribution in [-0.4, -0.2) is 51.6 Å². The molecular weight excluding hydrogens is 396 g/mol. The van der Waals surface area contributed by atoms with Crippen molar-refractivity contribution in [2.45, 2.75) is 83.9 Å². The summed E-state index contributed by atoms with van der Waals surface area (Å²) in [5.74, 6) is 1.11. The van der Waals surface area contributed by atoms with Crippen molar-refractivity contribution in [1.29, 1.82) is 0 Å². The van der Waals surface area contributed by atoms with E-state index in [0.717, 1.165) is 29.5 Å². The Morgan fingerprint density at radius 1 is 1.19 bits per heavy atom. The van der Waals surface area contributed by atoms with Gasteiger partial charge in [0.1, 0.15) is 18.3 Å². The van der Waals surface area contributed by atoms with Crippen molar-refractivity contribution in [2.24, 2.45) is 5.92 Å². The number of aliphatic hydroxyl groups is 3. The number of hydrogen-bond donors (Lipinski definition) is 4. The monoisotopic (exact) mass is 432 g/mol. The minimum absolute atomic E-state index is 0.0732. The number of aliphatic hydroxyl groups excluding tert-OH is 3. The van der Waals surface area contributed by atoms with E-state index in [1.54, 1.807) is 0 Å². The number of aromatic hydroxyl groups is 1. The van der Waals surface area contributed by atoms with Gasteiger partial charge in [0.15, 0.2) is 11.5 Å². The van der Waals surface area contributed by atoms with Crippen LogP contribution in [0.1, 0.15) is 69.1 Å². The second kappa shape index (κ2) is 9.74. The van der Waals surface area contributed by atoms with Crippen LogP contribution >= 0.6 is 0 Å². The first-order valence-corrected chi connectivity index (χ1v) is 11.1. The van der Waals surface area contributed by atoms with E-state index in [-0.39, 0.29) is 24.0 Å². The Balaban J connectivity index is 1.92.